The fraction of sp³-hybridized carbons (Fsp3) is 0.263. The van der Waals surface area contributed by atoms with Crippen LogP contribution in [0, 0.1) is 0 Å². The average molecular weight is 386 g/mol. The Bertz CT molecular complexity index is 942. The molecular formula is C19H22N4O3S. The first kappa shape index (κ1) is 19.1. The molecule has 0 bridgehead atoms. The molecule has 1 aliphatic rings. The molecule has 2 aromatic rings. The van der Waals surface area contributed by atoms with E-state index in [9.17, 15) is 13.2 Å². The number of amides is 1. The van der Waals surface area contributed by atoms with Crippen LogP contribution in [0.1, 0.15) is 18.9 Å². The molecule has 1 unspecified atom stereocenters. The van der Waals surface area contributed by atoms with Crippen molar-refractivity contribution >= 4 is 27.5 Å². The van der Waals surface area contributed by atoms with Gasteiger partial charge in [-0.2, -0.15) is 4.72 Å². The monoisotopic (exact) mass is 386 g/mol. The smallest absolute Gasteiger partial charge is 0.242 e. The maximum absolute atomic E-state index is 12.4. The van der Waals surface area contributed by atoms with Crippen molar-refractivity contribution in [2.45, 2.75) is 24.3 Å². The summed E-state index contributed by atoms with van der Waals surface area (Å²) >= 11 is 0. The number of sulfonamides is 1. The number of anilines is 1. The minimum Gasteiger partial charge on any atom is -0.370 e. The van der Waals surface area contributed by atoms with E-state index < -0.39 is 22.0 Å². The minimum absolute atomic E-state index is 0.119. The zero-order valence-electron chi connectivity index (χ0n) is 15.0. The van der Waals surface area contributed by atoms with Crippen molar-refractivity contribution < 1.29 is 13.2 Å². The average Bonchev–Trinajstić information content (AvgIpc) is 2.69. The summed E-state index contributed by atoms with van der Waals surface area (Å²) < 4.78 is 27.1. The van der Waals surface area contributed by atoms with Crippen LogP contribution < -0.4 is 15.4 Å². The van der Waals surface area contributed by atoms with E-state index in [1.54, 1.807) is 24.3 Å². The van der Waals surface area contributed by atoms with E-state index in [0.29, 0.717) is 5.69 Å². The lowest BCUT2D eigenvalue weighted by molar-refractivity contribution is -0.117. The van der Waals surface area contributed by atoms with Crippen LogP contribution in [0.3, 0.4) is 0 Å². The van der Waals surface area contributed by atoms with Crippen LogP contribution in [0.5, 0.6) is 0 Å². The third kappa shape index (κ3) is 4.93. The molecule has 0 radical (unpaired) electrons. The molecule has 27 heavy (non-hydrogen) atoms. The first-order valence-corrected chi connectivity index (χ1v) is 10.2. The van der Waals surface area contributed by atoms with Gasteiger partial charge in [0.1, 0.15) is 5.84 Å². The number of hydrogen-bond donors (Lipinski definition) is 3. The molecule has 1 aliphatic heterocycles. The number of carbonyl (C=O) groups excluding carboxylic acids is 1. The Morgan fingerprint density at radius 3 is 2.63 bits per heavy atom. The molecule has 0 spiro atoms. The fourth-order valence-electron chi connectivity index (χ4n) is 2.67. The van der Waals surface area contributed by atoms with Gasteiger partial charge in [0.2, 0.25) is 15.9 Å². The van der Waals surface area contributed by atoms with E-state index >= 15 is 0 Å². The number of nitrogens with one attached hydrogen (secondary N) is 3. The van der Waals surface area contributed by atoms with Gasteiger partial charge in [-0.15, -0.1) is 0 Å². The van der Waals surface area contributed by atoms with Crippen molar-refractivity contribution in [3.63, 3.8) is 0 Å². The van der Waals surface area contributed by atoms with Gasteiger partial charge in [-0.3, -0.25) is 9.79 Å². The SMILES string of the molecule is CC(NS(=O)(=O)c1ccccc1)C(=O)Nc1cccc(C2=NCCCN2)c1. The Morgan fingerprint density at radius 2 is 1.93 bits per heavy atom. The molecule has 0 saturated carbocycles. The molecule has 7 nitrogen and oxygen atoms in total. The van der Waals surface area contributed by atoms with Crippen LogP contribution in [0.15, 0.2) is 64.5 Å². The van der Waals surface area contributed by atoms with Crippen LogP contribution in [0.2, 0.25) is 0 Å². The van der Waals surface area contributed by atoms with Gasteiger partial charge in [0.05, 0.1) is 10.9 Å². The molecule has 0 saturated heterocycles. The fourth-order valence-corrected chi connectivity index (χ4v) is 3.90. The molecule has 1 amide bonds. The van der Waals surface area contributed by atoms with Crippen molar-refractivity contribution in [2.24, 2.45) is 4.99 Å². The van der Waals surface area contributed by atoms with Crippen LogP contribution in [0.4, 0.5) is 5.69 Å². The summed E-state index contributed by atoms with van der Waals surface area (Å²) in [7, 11) is -3.76. The van der Waals surface area contributed by atoms with E-state index in [0.717, 1.165) is 30.9 Å². The normalized spacial score (nSPS) is 15.4. The molecule has 1 heterocycles. The van der Waals surface area contributed by atoms with E-state index in [2.05, 4.69) is 20.3 Å². The first-order chi connectivity index (χ1) is 13.0. The largest absolute Gasteiger partial charge is 0.370 e. The quantitative estimate of drug-likeness (QED) is 0.704. The zero-order chi connectivity index (χ0) is 19.3. The maximum atomic E-state index is 12.4. The second-order valence-corrected chi connectivity index (χ2v) is 7.95. The molecule has 0 fully saturated rings. The number of rotatable bonds is 6. The number of amidine groups is 1. The van der Waals surface area contributed by atoms with Gasteiger partial charge in [0.15, 0.2) is 0 Å². The summed E-state index contributed by atoms with van der Waals surface area (Å²) in [6.07, 6.45) is 0.999. The maximum Gasteiger partial charge on any atom is 0.242 e. The lowest BCUT2D eigenvalue weighted by Crippen LogP contribution is -2.41. The molecule has 2 aromatic carbocycles. The zero-order valence-corrected chi connectivity index (χ0v) is 15.8. The topological polar surface area (TPSA) is 99.7 Å². The highest BCUT2D eigenvalue weighted by Crippen LogP contribution is 2.13. The van der Waals surface area contributed by atoms with Gasteiger partial charge in [0.25, 0.3) is 0 Å². The molecule has 8 heteroatoms. The van der Waals surface area contributed by atoms with E-state index in [4.69, 9.17) is 0 Å². The lowest BCUT2D eigenvalue weighted by Gasteiger charge is -2.17. The van der Waals surface area contributed by atoms with Crippen molar-refractivity contribution in [1.29, 1.82) is 0 Å². The molecule has 3 N–H and O–H groups in total. The Morgan fingerprint density at radius 1 is 1.15 bits per heavy atom. The van der Waals surface area contributed by atoms with Gasteiger partial charge < -0.3 is 10.6 Å². The third-order valence-electron chi connectivity index (χ3n) is 4.08. The van der Waals surface area contributed by atoms with Crippen molar-refractivity contribution in [3.8, 4) is 0 Å². The summed E-state index contributed by atoms with van der Waals surface area (Å²) in [5.74, 6) is 0.361. The van der Waals surface area contributed by atoms with Crippen molar-refractivity contribution in [1.82, 2.24) is 10.0 Å². The van der Waals surface area contributed by atoms with Crippen LogP contribution >= 0.6 is 0 Å². The second kappa shape index (κ2) is 8.32. The highest BCUT2D eigenvalue weighted by Gasteiger charge is 2.22. The number of hydrogen-bond acceptors (Lipinski definition) is 5. The van der Waals surface area contributed by atoms with Crippen molar-refractivity contribution in [3.05, 3.63) is 60.2 Å². The highest BCUT2D eigenvalue weighted by molar-refractivity contribution is 7.89. The summed E-state index contributed by atoms with van der Waals surface area (Å²) in [6, 6.07) is 14.3. The second-order valence-electron chi connectivity index (χ2n) is 6.24. The van der Waals surface area contributed by atoms with Gasteiger partial charge in [-0.25, -0.2) is 8.42 Å². The molecule has 0 aromatic heterocycles. The van der Waals surface area contributed by atoms with Gasteiger partial charge in [0, 0.05) is 24.3 Å². The standard InChI is InChI=1S/C19H22N4O3S/c1-14(23-27(25,26)17-9-3-2-4-10-17)19(24)22-16-8-5-7-15(13-16)18-20-11-6-12-21-18/h2-5,7-10,13-14,23H,6,11-12H2,1H3,(H,20,21)(H,22,24). The van der Waals surface area contributed by atoms with Crippen molar-refractivity contribution in [2.75, 3.05) is 18.4 Å². The van der Waals surface area contributed by atoms with Gasteiger partial charge >= 0.3 is 0 Å². The van der Waals surface area contributed by atoms with Crippen LogP contribution in [-0.2, 0) is 14.8 Å². The number of nitrogens with zero attached hydrogens (tertiary/aromatic N) is 1. The Labute approximate surface area is 159 Å². The number of aliphatic imine (C=N–C) groups is 1. The van der Waals surface area contributed by atoms with E-state index in [-0.39, 0.29) is 4.90 Å². The predicted molar refractivity (Wildman–Crippen MR) is 105 cm³/mol. The van der Waals surface area contributed by atoms with Gasteiger partial charge in [-0.05, 0) is 37.6 Å². The third-order valence-corrected chi connectivity index (χ3v) is 5.64. The predicted octanol–water partition coefficient (Wildman–Crippen LogP) is 1.73. The summed E-state index contributed by atoms with van der Waals surface area (Å²) in [4.78, 5) is 17.0. The molecular weight excluding hydrogens is 364 g/mol. The van der Waals surface area contributed by atoms with Gasteiger partial charge in [-0.1, -0.05) is 30.3 Å². The summed E-state index contributed by atoms with van der Waals surface area (Å²) in [5.41, 5.74) is 1.46. The number of benzene rings is 2. The lowest BCUT2D eigenvalue weighted by atomic mass is 10.1. The first-order valence-electron chi connectivity index (χ1n) is 8.73. The van der Waals surface area contributed by atoms with Crippen LogP contribution in [0.25, 0.3) is 0 Å². The van der Waals surface area contributed by atoms with E-state index in [1.165, 1.54) is 19.1 Å². The summed E-state index contributed by atoms with van der Waals surface area (Å²) in [5, 5.41) is 5.98. The summed E-state index contributed by atoms with van der Waals surface area (Å²) in [6.45, 7) is 3.15. The molecule has 142 valence electrons. The molecule has 3 rings (SSSR count). The Hall–Kier alpha value is -2.71. The van der Waals surface area contributed by atoms with Crippen LogP contribution in [-0.4, -0.2) is 39.3 Å². The molecule has 0 aliphatic carbocycles. The highest BCUT2D eigenvalue weighted by atomic mass is 32.2. The van der Waals surface area contributed by atoms with E-state index in [1.807, 2.05) is 18.2 Å². The minimum atomic E-state index is -3.76. The number of carbonyl (C=O) groups is 1. The molecule has 1 atom stereocenters. The Kier molecular flexibility index (Phi) is 5.88. The Balaban J connectivity index is 1.67.